The average molecular weight is 261 g/mol. The van der Waals surface area contributed by atoms with Crippen molar-refractivity contribution in [1.82, 2.24) is 0 Å². The molecule has 3 unspecified atom stereocenters. The van der Waals surface area contributed by atoms with Crippen LogP contribution < -0.4 is 0 Å². The maximum atomic E-state index is 5.72. The van der Waals surface area contributed by atoms with Gasteiger partial charge in [0.05, 0.1) is 6.10 Å². The lowest BCUT2D eigenvalue weighted by atomic mass is 9.78. The van der Waals surface area contributed by atoms with Gasteiger partial charge in [-0.15, -0.1) is 0 Å². The largest absolute Gasteiger partial charge is 0.381 e. The van der Waals surface area contributed by atoms with Gasteiger partial charge in [-0.25, -0.2) is 0 Å². The van der Waals surface area contributed by atoms with Gasteiger partial charge in [0.1, 0.15) is 0 Å². The highest BCUT2D eigenvalue weighted by atomic mass is 79.9. The second-order valence-electron chi connectivity index (χ2n) is 5.44. The molecule has 1 nitrogen and oxygen atoms in total. The number of halogens is 1. The fourth-order valence-corrected chi connectivity index (χ4v) is 5.35. The maximum Gasteiger partial charge on any atom is 0.0635 e. The fraction of sp³-hybridized carbons (Fsp3) is 1.00. The molecule has 1 spiro atoms. The zero-order valence-corrected chi connectivity index (χ0v) is 11.1. The monoisotopic (exact) mass is 260 g/mol. The van der Waals surface area contributed by atoms with Crippen LogP contribution in [0.15, 0.2) is 0 Å². The minimum absolute atomic E-state index is 0.484. The Bertz CT molecular complexity index is 226. The van der Waals surface area contributed by atoms with Gasteiger partial charge in [-0.1, -0.05) is 42.6 Å². The topological polar surface area (TPSA) is 9.23 Å². The predicted molar refractivity (Wildman–Crippen MR) is 62.8 cm³/mol. The molecule has 0 aromatic rings. The van der Waals surface area contributed by atoms with Gasteiger partial charge >= 0.3 is 0 Å². The van der Waals surface area contributed by atoms with E-state index >= 15 is 0 Å². The van der Waals surface area contributed by atoms with Gasteiger partial charge in [0.2, 0.25) is 0 Å². The highest BCUT2D eigenvalue weighted by Crippen LogP contribution is 2.75. The Balaban J connectivity index is 2.22. The van der Waals surface area contributed by atoms with E-state index in [1.54, 1.807) is 0 Å². The molecule has 0 amide bonds. The Morgan fingerprint density at radius 2 is 2.07 bits per heavy atom. The van der Waals surface area contributed by atoms with Crippen LogP contribution in [0.3, 0.4) is 0 Å². The molecular formula is C12H21BrO. The van der Waals surface area contributed by atoms with E-state index in [2.05, 4.69) is 29.8 Å². The number of hydrogen-bond acceptors (Lipinski definition) is 1. The number of rotatable bonds is 2. The molecule has 0 aromatic carbocycles. The Kier molecular flexibility index (Phi) is 2.72. The Labute approximate surface area is 95.7 Å². The second kappa shape index (κ2) is 3.48. The molecule has 2 saturated carbocycles. The smallest absolute Gasteiger partial charge is 0.0635 e. The zero-order chi connectivity index (χ0) is 10.4. The van der Waals surface area contributed by atoms with E-state index in [0.717, 1.165) is 11.2 Å². The zero-order valence-electron chi connectivity index (χ0n) is 9.48. The summed E-state index contributed by atoms with van der Waals surface area (Å²) in [7, 11) is 1.89. The molecule has 0 radical (unpaired) electrons. The summed E-state index contributed by atoms with van der Waals surface area (Å²) in [5, 5.41) is 1.14. The molecule has 0 aliphatic heterocycles. The molecule has 0 aromatic heterocycles. The lowest BCUT2D eigenvalue weighted by molar-refractivity contribution is -0.00939. The van der Waals surface area contributed by atoms with Crippen LogP contribution in [0.2, 0.25) is 0 Å². The highest BCUT2D eigenvalue weighted by molar-refractivity contribution is 9.09. The summed E-state index contributed by atoms with van der Waals surface area (Å²) in [5.41, 5.74) is 0.973. The van der Waals surface area contributed by atoms with Crippen molar-refractivity contribution in [3.8, 4) is 0 Å². The van der Waals surface area contributed by atoms with Crippen molar-refractivity contribution in [3.63, 3.8) is 0 Å². The van der Waals surface area contributed by atoms with Crippen molar-refractivity contribution < 1.29 is 4.74 Å². The molecule has 0 saturated heterocycles. The van der Waals surface area contributed by atoms with Crippen LogP contribution in [0, 0.1) is 16.7 Å². The summed E-state index contributed by atoms with van der Waals surface area (Å²) in [5.74, 6) is 0.820. The number of alkyl halides is 1. The number of hydrogen-bond donors (Lipinski definition) is 0. The normalized spacial score (nSPS) is 45.4. The van der Waals surface area contributed by atoms with Gasteiger partial charge in [0, 0.05) is 17.9 Å². The van der Waals surface area contributed by atoms with Crippen LogP contribution in [-0.2, 0) is 4.74 Å². The van der Waals surface area contributed by atoms with Crippen molar-refractivity contribution in [1.29, 1.82) is 0 Å². The van der Waals surface area contributed by atoms with Crippen LogP contribution in [0.1, 0.15) is 39.5 Å². The highest BCUT2D eigenvalue weighted by Gasteiger charge is 2.73. The quantitative estimate of drug-likeness (QED) is 0.690. The number of methoxy groups -OCH3 is 1. The molecule has 2 aliphatic carbocycles. The van der Waals surface area contributed by atoms with E-state index < -0.39 is 0 Å². The molecule has 2 rings (SSSR count). The summed E-state index contributed by atoms with van der Waals surface area (Å²) < 4.78 is 5.72. The van der Waals surface area contributed by atoms with E-state index in [-0.39, 0.29) is 0 Å². The van der Waals surface area contributed by atoms with Crippen molar-refractivity contribution >= 4 is 15.9 Å². The molecule has 14 heavy (non-hydrogen) atoms. The molecule has 2 heteroatoms. The van der Waals surface area contributed by atoms with Crippen molar-refractivity contribution in [2.45, 2.75) is 45.6 Å². The number of ether oxygens (including phenoxy) is 1. The summed E-state index contributed by atoms with van der Waals surface area (Å²) in [6.07, 6.45) is 5.89. The van der Waals surface area contributed by atoms with Crippen LogP contribution in [0.5, 0.6) is 0 Å². The Hall–Kier alpha value is 0.440. The first-order valence-corrected chi connectivity index (χ1v) is 6.82. The SMILES string of the molecule is COC1CCCCC12C(CBr)C2(C)C. The fourth-order valence-electron chi connectivity index (χ4n) is 3.96. The van der Waals surface area contributed by atoms with Crippen molar-refractivity contribution in [2.24, 2.45) is 16.7 Å². The minimum atomic E-state index is 0.484. The summed E-state index contributed by atoms with van der Waals surface area (Å²) in [6.45, 7) is 4.83. The first kappa shape index (κ1) is 10.9. The van der Waals surface area contributed by atoms with Crippen LogP contribution >= 0.6 is 15.9 Å². The molecule has 82 valence electrons. The Morgan fingerprint density at radius 3 is 2.57 bits per heavy atom. The van der Waals surface area contributed by atoms with Gasteiger partial charge < -0.3 is 4.74 Å². The maximum absolute atomic E-state index is 5.72. The third-order valence-corrected chi connectivity index (χ3v) is 5.58. The second-order valence-corrected chi connectivity index (χ2v) is 6.09. The third kappa shape index (κ3) is 1.16. The van der Waals surface area contributed by atoms with Crippen LogP contribution in [-0.4, -0.2) is 18.5 Å². The minimum Gasteiger partial charge on any atom is -0.381 e. The van der Waals surface area contributed by atoms with E-state index in [9.17, 15) is 0 Å². The van der Waals surface area contributed by atoms with E-state index in [1.807, 2.05) is 7.11 Å². The molecule has 2 aliphatic rings. The summed E-state index contributed by atoms with van der Waals surface area (Å²) >= 11 is 3.66. The van der Waals surface area contributed by atoms with Gasteiger partial charge in [-0.3, -0.25) is 0 Å². The van der Waals surface area contributed by atoms with Gasteiger partial charge in [-0.05, 0) is 24.2 Å². The van der Waals surface area contributed by atoms with E-state index in [0.29, 0.717) is 16.9 Å². The predicted octanol–water partition coefficient (Wildman–Crippen LogP) is 3.61. The standard InChI is InChI=1S/C12H21BrO/c1-11(2)9(8-13)12(11)7-5-4-6-10(12)14-3/h9-10H,4-8H2,1-3H3. The van der Waals surface area contributed by atoms with Crippen molar-refractivity contribution in [2.75, 3.05) is 12.4 Å². The van der Waals surface area contributed by atoms with Crippen LogP contribution in [0.25, 0.3) is 0 Å². The molecule has 3 atom stereocenters. The molecular weight excluding hydrogens is 240 g/mol. The molecule has 0 bridgehead atoms. The van der Waals surface area contributed by atoms with Crippen LogP contribution in [0.4, 0.5) is 0 Å². The third-order valence-electron chi connectivity index (χ3n) is 4.93. The van der Waals surface area contributed by atoms with Gasteiger partial charge in [0.15, 0.2) is 0 Å². The molecule has 0 heterocycles. The Morgan fingerprint density at radius 1 is 1.36 bits per heavy atom. The lowest BCUT2D eigenvalue weighted by Crippen LogP contribution is -2.32. The average Bonchev–Trinajstić information content (AvgIpc) is 2.63. The summed E-state index contributed by atoms with van der Waals surface area (Å²) in [4.78, 5) is 0. The van der Waals surface area contributed by atoms with E-state index in [4.69, 9.17) is 4.74 Å². The van der Waals surface area contributed by atoms with Gasteiger partial charge in [0.25, 0.3) is 0 Å². The lowest BCUT2D eigenvalue weighted by Gasteiger charge is -2.34. The first-order chi connectivity index (χ1) is 6.61. The molecule has 0 N–H and O–H groups in total. The van der Waals surface area contributed by atoms with E-state index in [1.165, 1.54) is 25.7 Å². The van der Waals surface area contributed by atoms with Crippen molar-refractivity contribution in [3.05, 3.63) is 0 Å². The molecule has 2 fully saturated rings. The summed E-state index contributed by atoms with van der Waals surface area (Å²) in [6, 6.07) is 0. The van der Waals surface area contributed by atoms with Gasteiger partial charge in [-0.2, -0.15) is 0 Å². The first-order valence-electron chi connectivity index (χ1n) is 5.70.